The molecule has 1 aliphatic heterocycles. The Kier molecular flexibility index (Phi) is 6.86. The summed E-state index contributed by atoms with van der Waals surface area (Å²) in [6.07, 6.45) is 2.80. The predicted molar refractivity (Wildman–Crippen MR) is 113 cm³/mol. The van der Waals surface area contributed by atoms with Crippen molar-refractivity contribution in [2.75, 3.05) is 18.4 Å². The number of hydrogen-bond acceptors (Lipinski definition) is 4. The van der Waals surface area contributed by atoms with Gasteiger partial charge in [-0.25, -0.2) is 0 Å². The Morgan fingerprint density at radius 1 is 1.11 bits per heavy atom. The fraction of sp³-hybridized carbons (Fsp3) is 0.455. The zero-order valence-corrected chi connectivity index (χ0v) is 16.9. The van der Waals surface area contributed by atoms with Crippen molar-refractivity contribution in [3.05, 3.63) is 68.6 Å². The van der Waals surface area contributed by atoms with Crippen LogP contribution in [0.5, 0.6) is 0 Å². The molecule has 1 atom stereocenters. The Labute approximate surface area is 166 Å². The summed E-state index contributed by atoms with van der Waals surface area (Å²) in [5.74, 6) is 0.444. The summed E-state index contributed by atoms with van der Waals surface area (Å²) in [4.78, 5) is 11.2. The van der Waals surface area contributed by atoms with Gasteiger partial charge in [-0.05, 0) is 66.6 Å². The van der Waals surface area contributed by atoms with E-state index in [1.165, 1.54) is 11.1 Å². The first kappa shape index (κ1) is 19.8. The summed E-state index contributed by atoms with van der Waals surface area (Å²) in [5.41, 5.74) is 5.89. The van der Waals surface area contributed by atoms with Gasteiger partial charge < -0.3 is 10.6 Å². The molecule has 0 aliphatic carbocycles. The Hall–Kier alpha value is -1.91. The quantitative estimate of drug-likeness (QED) is 0.619. The van der Waals surface area contributed by atoms with E-state index in [2.05, 4.69) is 47.9 Å². The third-order valence-electron chi connectivity index (χ3n) is 5.14. The highest BCUT2D eigenvalue weighted by molar-refractivity contribution is 6.33. The van der Waals surface area contributed by atoms with E-state index >= 15 is 0 Å². The standard InChI is InChI=1S/C22H28ClN3O/c1-15(2)13-21(26-27)18-5-3-16(4-6-18)14-25-22-19-10-12-24-11-9-17(19)7-8-20(22)23/h3-8,15,21,24-25H,9-14H2,1-2H3. The highest BCUT2D eigenvalue weighted by Gasteiger charge is 2.16. The number of fused-ring (bicyclic) bond motifs is 1. The number of halogens is 1. The fourth-order valence-corrected chi connectivity index (χ4v) is 3.91. The van der Waals surface area contributed by atoms with Crippen molar-refractivity contribution in [2.24, 2.45) is 11.1 Å². The minimum atomic E-state index is -0.265. The van der Waals surface area contributed by atoms with Gasteiger partial charge in [0, 0.05) is 6.54 Å². The van der Waals surface area contributed by atoms with Crippen molar-refractivity contribution in [1.29, 1.82) is 0 Å². The molecule has 2 aromatic rings. The minimum absolute atomic E-state index is 0.265. The van der Waals surface area contributed by atoms with Gasteiger partial charge in [0.2, 0.25) is 0 Å². The van der Waals surface area contributed by atoms with E-state index in [1.807, 2.05) is 18.2 Å². The molecule has 0 radical (unpaired) electrons. The third-order valence-corrected chi connectivity index (χ3v) is 5.45. The molecule has 1 aliphatic rings. The zero-order chi connectivity index (χ0) is 19.2. The molecule has 0 saturated heterocycles. The van der Waals surface area contributed by atoms with Crippen molar-refractivity contribution in [3.8, 4) is 0 Å². The van der Waals surface area contributed by atoms with Gasteiger partial charge in [0.25, 0.3) is 0 Å². The molecule has 0 saturated carbocycles. The molecule has 27 heavy (non-hydrogen) atoms. The molecule has 0 aromatic heterocycles. The van der Waals surface area contributed by atoms with E-state index in [0.29, 0.717) is 12.5 Å². The van der Waals surface area contributed by atoms with Crippen molar-refractivity contribution >= 4 is 17.3 Å². The van der Waals surface area contributed by atoms with Gasteiger partial charge in [0.1, 0.15) is 6.04 Å². The Bertz CT molecular complexity index is 774. The van der Waals surface area contributed by atoms with Crippen molar-refractivity contribution in [3.63, 3.8) is 0 Å². The van der Waals surface area contributed by atoms with E-state index < -0.39 is 0 Å². The molecule has 2 N–H and O–H groups in total. The second-order valence-electron chi connectivity index (χ2n) is 7.66. The Morgan fingerprint density at radius 2 is 1.85 bits per heavy atom. The smallest absolute Gasteiger partial charge is 0.117 e. The third kappa shape index (κ3) is 5.08. The van der Waals surface area contributed by atoms with Crippen LogP contribution >= 0.6 is 11.6 Å². The van der Waals surface area contributed by atoms with E-state index in [-0.39, 0.29) is 6.04 Å². The van der Waals surface area contributed by atoms with Crippen LogP contribution in [0.4, 0.5) is 5.69 Å². The number of rotatable bonds is 7. The molecule has 0 spiro atoms. The number of anilines is 1. The van der Waals surface area contributed by atoms with Crippen LogP contribution in [0.25, 0.3) is 0 Å². The van der Waals surface area contributed by atoms with Gasteiger partial charge in [-0.15, -0.1) is 0 Å². The molecule has 144 valence electrons. The Balaban J connectivity index is 1.71. The maximum absolute atomic E-state index is 11.2. The van der Waals surface area contributed by atoms with Gasteiger partial charge in [-0.2, -0.15) is 4.91 Å². The second-order valence-corrected chi connectivity index (χ2v) is 8.06. The molecule has 0 fully saturated rings. The fourth-order valence-electron chi connectivity index (χ4n) is 3.67. The summed E-state index contributed by atoms with van der Waals surface area (Å²) >= 11 is 6.48. The summed E-state index contributed by atoms with van der Waals surface area (Å²) in [6.45, 7) is 6.91. The van der Waals surface area contributed by atoms with Crippen LogP contribution in [-0.4, -0.2) is 13.1 Å². The highest BCUT2D eigenvalue weighted by atomic mass is 35.5. The van der Waals surface area contributed by atoms with Crippen LogP contribution in [0.15, 0.2) is 41.6 Å². The molecule has 1 heterocycles. The molecule has 5 heteroatoms. The van der Waals surface area contributed by atoms with E-state index in [9.17, 15) is 4.91 Å². The van der Waals surface area contributed by atoms with Crippen LogP contribution in [0, 0.1) is 10.8 Å². The summed E-state index contributed by atoms with van der Waals surface area (Å²) in [6, 6.07) is 12.0. The molecule has 0 bridgehead atoms. The Morgan fingerprint density at radius 3 is 2.56 bits per heavy atom. The monoisotopic (exact) mass is 385 g/mol. The van der Waals surface area contributed by atoms with Crippen LogP contribution in [0.1, 0.15) is 48.6 Å². The van der Waals surface area contributed by atoms with Crippen LogP contribution in [0.3, 0.4) is 0 Å². The van der Waals surface area contributed by atoms with Gasteiger partial charge in [0.15, 0.2) is 0 Å². The van der Waals surface area contributed by atoms with Crippen molar-refractivity contribution < 1.29 is 0 Å². The number of nitroso groups, excluding NO2 is 1. The lowest BCUT2D eigenvalue weighted by molar-refractivity contribution is 0.509. The first-order valence-electron chi connectivity index (χ1n) is 9.74. The topological polar surface area (TPSA) is 53.5 Å². The molecular formula is C22H28ClN3O. The SMILES string of the molecule is CC(C)CC(N=O)c1ccc(CNc2c(Cl)ccc3c2CCNCC3)cc1. The van der Waals surface area contributed by atoms with Crippen molar-refractivity contribution in [1.82, 2.24) is 5.32 Å². The van der Waals surface area contributed by atoms with E-state index in [0.717, 1.165) is 54.2 Å². The summed E-state index contributed by atoms with van der Waals surface area (Å²) < 4.78 is 0. The predicted octanol–water partition coefficient (Wildman–Crippen LogP) is 5.49. The molecule has 3 rings (SSSR count). The zero-order valence-electron chi connectivity index (χ0n) is 16.1. The lowest BCUT2D eigenvalue weighted by Gasteiger charge is -2.17. The normalized spacial score (nSPS) is 15.1. The average Bonchev–Trinajstić information content (AvgIpc) is 2.91. The largest absolute Gasteiger partial charge is 0.380 e. The van der Waals surface area contributed by atoms with Crippen molar-refractivity contribution in [2.45, 2.75) is 45.7 Å². The number of hydrogen-bond donors (Lipinski definition) is 2. The van der Waals surface area contributed by atoms with E-state index in [1.54, 1.807) is 0 Å². The average molecular weight is 386 g/mol. The maximum atomic E-state index is 11.2. The second kappa shape index (κ2) is 9.34. The lowest BCUT2D eigenvalue weighted by atomic mass is 9.97. The van der Waals surface area contributed by atoms with E-state index in [4.69, 9.17) is 11.6 Å². The minimum Gasteiger partial charge on any atom is -0.380 e. The number of benzene rings is 2. The van der Waals surface area contributed by atoms with Crippen LogP contribution in [0.2, 0.25) is 5.02 Å². The maximum Gasteiger partial charge on any atom is 0.117 e. The van der Waals surface area contributed by atoms with Crippen LogP contribution < -0.4 is 10.6 Å². The molecule has 2 aromatic carbocycles. The summed E-state index contributed by atoms with van der Waals surface area (Å²) in [7, 11) is 0. The first-order valence-corrected chi connectivity index (χ1v) is 10.1. The van der Waals surface area contributed by atoms with Crippen LogP contribution in [-0.2, 0) is 19.4 Å². The molecule has 4 nitrogen and oxygen atoms in total. The molecule has 0 amide bonds. The first-order chi connectivity index (χ1) is 13.1. The highest BCUT2D eigenvalue weighted by Crippen LogP contribution is 2.31. The van der Waals surface area contributed by atoms with Gasteiger partial charge in [-0.3, -0.25) is 0 Å². The number of nitrogens with zero attached hydrogens (tertiary/aromatic N) is 1. The van der Waals surface area contributed by atoms with Gasteiger partial charge in [-0.1, -0.05) is 61.0 Å². The molecular weight excluding hydrogens is 358 g/mol. The number of nitrogens with one attached hydrogen (secondary N) is 2. The molecule has 1 unspecified atom stereocenters. The van der Waals surface area contributed by atoms with Gasteiger partial charge >= 0.3 is 0 Å². The van der Waals surface area contributed by atoms with Gasteiger partial charge in [0.05, 0.1) is 10.7 Å². The summed E-state index contributed by atoms with van der Waals surface area (Å²) in [5, 5.41) is 11.1. The lowest BCUT2D eigenvalue weighted by Crippen LogP contribution is -2.16.